The van der Waals surface area contributed by atoms with Gasteiger partial charge in [0, 0.05) is 37.2 Å². The minimum absolute atomic E-state index is 0.0439. The summed E-state index contributed by atoms with van der Waals surface area (Å²) in [5, 5.41) is 3.10. The summed E-state index contributed by atoms with van der Waals surface area (Å²) in [5.74, 6) is 0.881. The molecule has 4 nitrogen and oxygen atoms in total. The maximum Gasteiger partial charge on any atom is 0.127 e. The van der Waals surface area contributed by atoms with Crippen molar-refractivity contribution in [2.45, 2.75) is 26.5 Å². The van der Waals surface area contributed by atoms with Gasteiger partial charge in [0.05, 0.1) is 6.61 Å². The quantitative estimate of drug-likeness (QED) is 0.795. The number of rotatable bonds is 6. The van der Waals surface area contributed by atoms with Gasteiger partial charge in [0.1, 0.15) is 11.9 Å². The van der Waals surface area contributed by atoms with E-state index in [1.165, 1.54) is 0 Å². The number of hydrogen-bond acceptors (Lipinski definition) is 4. The van der Waals surface area contributed by atoms with E-state index >= 15 is 0 Å². The summed E-state index contributed by atoms with van der Waals surface area (Å²) in [6, 6.07) is 1.96. The second-order valence-electron chi connectivity index (χ2n) is 3.85. The van der Waals surface area contributed by atoms with Crippen LogP contribution in [0.15, 0.2) is 12.3 Å². The normalized spacial score (nSPS) is 12.5. The predicted octanol–water partition coefficient (Wildman–Crippen LogP) is 1.52. The maximum atomic E-state index is 5.81. The van der Waals surface area contributed by atoms with Gasteiger partial charge in [0.25, 0.3) is 0 Å². The van der Waals surface area contributed by atoms with E-state index in [0.717, 1.165) is 23.6 Å². The van der Waals surface area contributed by atoms with Crippen LogP contribution in [-0.4, -0.2) is 31.9 Å². The van der Waals surface area contributed by atoms with Crippen molar-refractivity contribution in [3.63, 3.8) is 0 Å². The zero-order valence-corrected chi connectivity index (χ0v) is 10.4. The van der Waals surface area contributed by atoms with Gasteiger partial charge in [-0.05, 0) is 20.9 Å². The zero-order valence-electron chi connectivity index (χ0n) is 10.4. The molecule has 0 radical (unpaired) electrons. The molecule has 90 valence electrons. The van der Waals surface area contributed by atoms with Gasteiger partial charge in [-0.2, -0.15) is 0 Å². The van der Waals surface area contributed by atoms with Crippen LogP contribution in [0.5, 0.6) is 5.75 Å². The Bertz CT molecular complexity index is 329. The lowest BCUT2D eigenvalue weighted by atomic mass is 10.2. The molecule has 1 unspecified atom stereocenters. The van der Waals surface area contributed by atoms with Gasteiger partial charge < -0.3 is 14.8 Å². The third-order valence-electron chi connectivity index (χ3n) is 2.18. The highest BCUT2D eigenvalue weighted by Crippen LogP contribution is 2.19. The van der Waals surface area contributed by atoms with Crippen molar-refractivity contribution in [3.05, 3.63) is 23.5 Å². The van der Waals surface area contributed by atoms with Crippen molar-refractivity contribution in [3.8, 4) is 5.75 Å². The highest BCUT2D eigenvalue weighted by molar-refractivity contribution is 5.33. The molecule has 1 rings (SSSR count). The molecule has 0 spiro atoms. The Labute approximate surface area is 97.0 Å². The van der Waals surface area contributed by atoms with E-state index in [4.69, 9.17) is 9.47 Å². The molecule has 0 bridgehead atoms. The van der Waals surface area contributed by atoms with Gasteiger partial charge in [-0.15, -0.1) is 0 Å². The molecule has 0 aliphatic heterocycles. The SMILES string of the molecule is CNCc1cnc(C)cc1OC(C)COC. The van der Waals surface area contributed by atoms with Crippen LogP contribution in [0.2, 0.25) is 0 Å². The van der Waals surface area contributed by atoms with Crippen LogP contribution in [0.4, 0.5) is 0 Å². The summed E-state index contributed by atoms with van der Waals surface area (Å²) in [5.41, 5.74) is 2.02. The number of hydrogen-bond donors (Lipinski definition) is 1. The Morgan fingerprint density at radius 1 is 1.50 bits per heavy atom. The molecule has 1 N–H and O–H groups in total. The third kappa shape index (κ3) is 3.79. The van der Waals surface area contributed by atoms with Crippen LogP contribution in [-0.2, 0) is 11.3 Å². The fraction of sp³-hybridized carbons (Fsp3) is 0.583. The average Bonchev–Trinajstić information content (AvgIpc) is 2.22. The first-order valence-electron chi connectivity index (χ1n) is 5.43. The number of aryl methyl sites for hydroxylation is 1. The highest BCUT2D eigenvalue weighted by atomic mass is 16.5. The molecule has 0 aliphatic carbocycles. The van der Waals surface area contributed by atoms with E-state index in [-0.39, 0.29) is 6.10 Å². The Morgan fingerprint density at radius 3 is 2.88 bits per heavy atom. The lowest BCUT2D eigenvalue weighted by molar-refractivity contribution is 0.0912. The van der Waals surface area contributed by atoms with E-state index in [0.29, 0.717) is 6.61 Å². The highest BCUT2D eigenvalue weighted by Gasteiger charge is 2.08. The van der Waals surface area contributed by atoms with Crippen LogP contribution in [0.1, 0.15) is 18.2 Å². The molecule has 16 heavy (non-hydrogen) atoms. The van der Waals surface area contributed by atoms with E-state index in [1.54, 1.807) is 7.11 Å². The summed E-state index contributed by atoms with van der Waals surface area (Å²) < 4.78 is 10.9. The number of methoxy groups -OCH3 is 1. The molecule has 0 fully saturated rings. The zero-order chi connectivity index (χ0) is 12.0. The van der Waals surface area contributed by atoms with Gasteiger partial charge in [-0.3, -0.25) is 4.98 Å². The minimum Gasteiger partial charge on any atom is -0.488 e. The van der Waals surface area contributed by atoms with Gasteiger partial charge in [-0.1, -0.05) is 0 Å². The van der Waals surface area contributed by atoms with E-state index in [1.807, 2.05) is 33.2 Å². The third-order valence-corrected chi connectivity index (χ3v) is 2.18. The van der Waals surface area contributed by atoms with Crippen LogP contribution in [0, 0.1) is 6.92 Å². The summed E-state index contributed by atoms with van der Waals surface area (Å²) >= 11 is 0. The standard InChI is InChI=1S/C12H20N2O2/c1-9-5-12(16-10(2)8-15-4)11(6-13-3)7-14-9/h5,7,10,13H,6,8H2,1-4H3. The Balaban J connectivity index is 2.78. The summed E-state index contributed by atoms with van der Waals surface area (Å²) in [6.07, 6.45) is 1.89. The summed E-state index contributed by atoms with van der Waals surface area (Å²) in [7, 11) is 3.58. The molecule has 0 saturated heterocycles. The van der Waals surface area contributed by atoms with Gasteiger partial charge >= 0.3 is 0 Å². The Morgan fingerprint density at radius 2 is 2.25 bits per heavy atom. The van der Waals surface area contributed by atoms with Crippen LogP contribution >= 0.6 is 0 Å². The lowest BCUT2D eigenvalue weighted by Crippen LogP contribution is -2.19. The van der Waals surface area contributed by atoms with Crippen LogP contribution in [0.25, 0.3) is 0 Å². The van der Waals surface area contributed by atoms with Gasteiger partial charge in [0.2, 0.25) is 0 Å². The number of ether oxygens (including phenoxy) is 2. The van der Waals surface area contributed by atoms with Crippen molar-refractivity contribution in [2.75, 3.05) is 20.8 Å². The predicted molar refractivity (Wildman–Crippen MR) is 63.7 cm³/mol. The molecular formula is C12H20N2O2. The number of nitrogens with one attached hydrogen (secondary N) is 1. The Kier molecular flexibility index (Phi) is 5.22. The summed E-state index contributed by atoms with van der Waals surface area (Å²) in [6.45, 7) is 5.28. The van der Waals surface area contributed by atoms with Crippen LogP contribution < -0.4 is 10.1 Å². The molecule has 1 aromatic heterocycles. The molecular weight excluding hydrogens is 204 g/mol. The maximum absolute atomic E-state index is 5.81. The fourth-order valence-corrected chi connectivity index (χ4v) is 1.48. The lowest BCUT2D eigenvalue weighted by Gasteiger charge is -2.17. The van der Waals surface area contributed by atoms with Crippen LogP contribution in [0.3, 0.4) is 0 Å². The largest absolute Gasteiger partial charge is 0.488 e. The molecule has 0 aromatic carbocycles. The summed E-state index contributed by atoms with van der Waals surface area (Å²) in [4.78, 5) is 4.26. The molecule has 0 saturated carbocycles. The first kappa shape index (κ1) is 12.9. The number of nitrogens with zero attached hydrogens (tertiary/aromatic N) is 1. The van der Waals surface area contributed by atoms with E-state index in [9.17, 15) is 0 Å². The van der Waals surface area contributed by atoms with Crippen molar-refractivity contribution in [1.82, 2.24) is 10.3 Å². The topological polar surface area (TPSA) is 43.4 Å². The monoisotopic (exact) mass is 224 g/mol. The van der Waals surface area contributed by atoms with Gasteiger partial charge in [0.15, 0.2) is 0 Å². The van der Waals surface area contributed by atoms with Gasteiger partial charge in [-0.25, -0.2) is 0 Å². The fourth-order valence-electron chi connectivity index (χ4n) is 1.48. The van der Waals surface area contributed by atoms with Crippen molar-refractivity contribution in [1.29, 1.82) is 0 Å². The molecule has 4 heteroatoms. The number of aromatic nitrogens is 1. The molecule has 1 heterocycles. The van der Waals surface area contributed by atoms with E-state index in [2.05, 4.69) is 10.3 Å². The van der Waals surface area contributed by atoms with Crippen molar-refractivity contribution >= 4 is 0 Å². The smallest absolute Gasteiger partial charge is 0.127 e. The number of pyridine rings is 1. The second-order valence-corrected chi connectivity index (χ2v) is 3.85. The molecule has 1 aromatic rings. The molecule has 0 aliphatic rings. The van der Waals surface area contributed by atoms with Crippen molar-refractivity contribution in [2.24, 2.45) is 0 Å². The average molecular weight is 224 g/mol. The molecule has 0 amide bonds. The van der Waals surface area contributed by atoms with Crippen molar-refractivity contribution < 1.29 is 9.47 Å². The van der Waals surface area contributed by atoms with E-state index < -0.39 is 0 Å². The first-order chi connectivity index (χ1) is 7.67. The second kappa shape index (κ2) is 6.45. The Hall–Kier alpha value is -1.13. The minimum atomic E-state index is 0.0439. The molecule has 1 atom stereocenters. The first-order valence-corrected chi connectivity index (χ1v) is 5.43.